The van der Waals surface area contributed by atoms with Crippen molar-refractivity contribution >= 4 is 34.2 Å². The van der Waals surface area contributed by atoms with Gasteiger partial charge in [-0.1, -0.05) is 17.7 Å². The first-order valence-electron chi connectivity index (χ1n) is 6.90. The summed E-state index contributed by atoms with van der Waals surface area (Å²) in [5.74, 6) is -2.89. The number of aromatic nitrogens is 2. The van der Waals surface area contributed by atoms with Crippen LogP contribution in [0.5, 0.6) is 0 Å². The maximum atomic E-state index is 14.7. The molecule has 0 unspecified atom stereocenters. The van der Waals surface area contributed by atoms with E-state index in [4.69, 9.17) is 22.6 Å². The largest absolute Gasteiger partial charge is 0.446 e. The van der Waals surface area contributed by atoms with Gasteiger partial charge >= 0.3 is 5.97 Å². The average Bonchev–Trinajstić information content (AvgIpc) is 3.08. The number of hydrogen-bond acceptors (Lipinski definition) is 5. The van der Waals surface area contributed by atoms with E-state index in [1.165, 1.54) is 12.3 Å². The molecule has 25 heavy (non-hydrogen) atoms. The number of anilines is 1. The van der Waals surface area contributed by atoms with Crippen LogP contribution in [0.1, 0.15) is 10.5 Å². The lowest BCUT2D eigenvalue weighted by atomic mass is 10.1. The number of carbonyl (C=O) groups excluding carboxylic acids is 1. The van der Waals surface area contributed by atoms with Gasteiger partial charge in [-0.3, -0.25) is 0 Å². The van der Waals surface area contributed by atoms with Crippen molar-refractivity contribution in [3.05, 3.63) is 46.7 Å². The van der Waals surface area contributed by atoms with Crippen LogP contribution in [-0.2, 0) is 4.74 Å². The summed E-state index contributed by atoms with van der Waals surface area (Å²) in [5, 5.41) is 8.57. The van der Waals surface area contributed by atoms with Gasteiger partial charge in [0.05, 0.1) is 16.2 Å². The molecule has 0 atom stereocenters. The van der Waals surface area contributed by atoms with E-state index < -0.39 is 46.3 Å². The average molecular weight is 363 g/mol. The third-order valence-corrected chi connectivity index (χ3v) is 3.88. The number of nitrogens with one attached hydrogen (secondary N) is 1. The first-order chi connectivity index (χ1) is 12.0. The highest BCUT2D eigenvalue weighted by molar-refractivity contribution is 6.35. The standard InChI is InChI=1S/C16H9ClF2N4O2/c17-9-12(21)11(19)14(23-15(9)16(24)25-6-4-20)8-2-1-7-3-5-22-13(7)10(8)18/h1-3,5,22H,6H2,(H2,21,23). The number of pyridine rings is 1. The van der Waals surface area contributed by atoms with Gasteiger partial charge in [-0.05, 0) is 12.1 Å². The first-order valence-corrected chi connectivity index (χ1v) is 7.28. The van der Waals surface area contributed by atoms with Crippen LogP contribution >= 0.6 is 11.6 Å². The number of ether oxygens (including phenoxy) is 1. The Kier molecular flexibility index (Phi) is 4.25. The molecule has 0 aliphatic carbocycles. The van der Waals surface area contributed by atoms with Crippen molar-refractivity contribution < 1.29 is 18.3 Å². The van der Waals surface area contributed by atoms with Crippen molar-refractivity contribution in [3.8, 4) is 17.3 Å². The Hall–Kier alpha value is -3.18. The number of benzene rings is 1. The van der Waals surface area contributed by atoms with Gasteiger partial charge in [-0.2, -0.15) is 5.26 Å². The van der Waals surface area contributed by atoms with Crippen LogP contribution in [0, 0.1) is 23.0 Å². The predicted octanol–water partition coefficient (Wildman–Crippen LogP) is 3.42. The maximum absolute atomic E-state index is 14.7. The number of aromatic amines is 1. The summed E-state index contributed by atoms with van der Waals surface area (Å²) in [5.41, 5.74) is 3.97. The molecule has 1 aromatic carbocycles. The quantitative estimate of drug-likeness (QED) is 0.694. The lowest BCUT2D eigenvalue weighted by Gasteiger charge is -2.11. The Morgan fingerprint density at radius 3 is 2.84 bits per heavy atom. The monoisotopic (exact) mass is 362 g/mol. The molecule has 0 aliphatic heterocycles. The SMILES string of the molecule is N#CCOC(=O)c1nc(-c2ccc3cc[nH]c3c2F)c(F)c(N)c1Cl. The molecule has 9 heteroatoms. The second kappa shape index (κ2) is 6.37. The van der Waals surface area contributed by atoms with E-state index in [0.29, 0.717) is 5.39 Å². The van der Waals surface area contributed by atoms with Crippen LogP contribution in [0.4, 0.5) is 14.5 Å². The first kappa shape index (κ1) is 16.7. The molecule has 0 radical (unpaired) electrons. The smallest absolute Gasteiger partial charge is 0.359 e. The fourth-order valence-corrected chi connectivity index (χ4v) is 2.52. The van der Waals surface area contributed by atoms with Gasteiger partial charge in [0, 0.05) is 17.1 Å². The number of halogens is 3. The summed E-state index contributed by atoms with van der Waals surface area (Å²) in [6.07, 6.45) is 1.53. The second-order valence-corrected chi connectivity index (χ2v) is 5.33. The summed E-state index contributed by atoms with van der Waals surface area (Å²) in [6, 6.07) is 6.12. The Morgan fingerprint density at radius 1 is 1.36 bits per heavy atom. The molecule has 6 nitrogen and oxygen atoms in total. The molecular weight excluding hydrogens is 354 g/mol. The minimum absolute atomic E-state index is 0.154. The molecule has 0 bridgehead atoms. The predicted molar refractivity (Wildman–Crippen MR) is 86.8 cm³/mol. The highest BCUT2D eigenvalue weighted by Crippen LogP contribution is 2.35. The van der Waals surface area contributed by atoms with Crippen molar-refractivity contribution in [1.29, 1.82) is 5.26 Å². The van der Waals surface area contributed by atoms with Crippen molar-refractivity contribution in [2.45, 2.75) is 0 Å². The number of nitriles is 1. The van der Waals surface area contributed by atoms with E-state index in [9.17, 15) is 13.6 Å². The molecule has 0 spiro atoms. The third kappa shape index (κ3) is 2.75. The molecule has 3 aromatic rings. The Bertz CT molecular complexity index is 1040. The van der Waals surface area contributed by atoms with Crippen LogP contribution in [-0.4, -0.2) is 22.5 Å². The highest BCUT2D eigenvalue weighted by atomic mass is 35.5. The lowest BCUT2D eigenvalue weighted by Crippen LogP contribution is -2.12. The van der Waals surface area contributed by atoms with E-state index in [1.54, 1.807) is 18.2 Å². The summed E-state index contributed by atoms with van der Waals surface area (Å²) >= 11 is 5.84. The number of hydrogen-bond donors (Lipinski definition) is 2. The number of esters is 1. The number of fused-ring (bicyclic) bond motifs is 1. The molecule has 126 valence electrons. The van der Waals surface area contributed by atoms with E-state index in [-0.39, 0.29) is 11.1 Å². The van der Waals surface area contributed by atoms with Gasteiger partial charge in [-0.25, -0.2) is 18.6 Å². The van der Waals surface area contributed by atoms with Gasteiger partial charge in [-0.15, -0.1) is 0 Å². The fourth-order valence-electron chi connectivity index (χ4n) is 2.32. The third-order valence-electron chi connectivity index (χ3n) is 3.49. The molecular formula is C16H9ClF2N4O2. The van der Waals surface area contributed by atoms with Gasteiger partial charge in [0.15, 0.2) is 23.9 Å². The minimum Gasteiger partial charge on any atom is -0.446 e. The Labute approximate surface area is 144 Å². The summed E-state index contributed by atoms with van der Waals surface area (Å²) in [4.78, 5) is 18.4. The number of carbonyl (C=O) groups is 1. The molecule has 0 aliphatic rings. The fraction of sp³-hybridized carbons (Fsp3) is 0.0625. The zero-order chi connectivity index (χ0) is 18.1. The second-order valence-electron chi connectivity index (χ2n) is 4.95. The number of rotatable bonds is 3. The van der Waals surface area contributed by atoms with Gasteiger partial charge in [0.2, 0.25) is 0 Å². The van der Waals surface area contributed by atoms with E-state index in [2.05, 4.69) is 14.7 Å². The number of nitrogens with zero attached hydrogens (tertiary/aromatic N) is 2. The van der Waals surface area contributed by atoms with Crippen LogP contribution < -0.4 is 5.73 Å². The molecule has 0 fully saturated rings. The zero-order valence-electron chi connectivity index (χ0n) is 12.4. The molecule has 3 rings (SSSR count). The zero-order valence-corrected chi connectivity index (χ0v) is 13.2. The highest BCUT2D eigenvalue weighted by Gasteiger charge is 2.25. The van der Waals surface area contributed by atoms with E-state index in [0.717, 1.165) is 0 Å². The Balaban J connectivity index is 2.21. The van der Waals surface area contributed by atoms with Crippen molar-refractivity contribution in [1.82, 2.24) is 9.97 Å². The number of nitrogen functional groups attached to an aromatic ring is 1. The molecule has 2 heterocycles. The molecule has 2 aromatic heterocycles. The molecule has 0 saturated carbocycles. The summed E-state index contributed by atoms with van der Waals surface area (Å²) in [7, 11) is 0. The number of H-pyrrole nitrogens is 1. The Morgan fingerprint density at radius 2 is 2.12 bits per heavy atom. The number of nitrogens with two attached hydrogens (primary N) is 1. The van der Waals surface area contributed by atoms with E-state index in [1.807, 2.05) is 0 Å². The van der Waals surface area contributed by atoms with Gasteiger partial charge < -0.3 is 15.5 Å². The minimum atomic E-state index is -1.07. The van der Waals surface area contributed by atoms with Crippen LogP contribution in [0.15, 0.2) is 24.4 Å². The molecule has 0 amide bonds. The van der Waals surface area contributed by atoms with Crippen LogP contribution in [0.2, 0.25) is 5.02 Å². The van der Waals surface area contributed by atoms with E-state index >= 15 is 0 Å². The maximum Gasteiger partial charge on any atom is 0.359 e. The van der Waals surface area contributed by atoms with Gasteiger partial charge in [0.25, 0.3) is 0 Å². The van der Waals surface area contributed by atoms with Gasteiger partial charge in [0.1, 0.15) is 11.8 Å². The lowest BCUT2D eigenvalue weighted by molar-refractivity contribution is 0.0548. The molecule has 0 saturated heterocycles. The van der Waals surface area contributed by atoms with Crippen LogP contribution in [0.3, 0.4) is 0 Å². The normalized spacial score (nSPS) is 10.6. The van der Waals surface area contributed by atoms with Crippen molar-refractivity contribution in [2.24, 2.45) is 0 Å². The molecule has 3 N–H and O–H groups in total. The topological polar surface area (TPSA) is 105 Å². The van der Waals surface area contributed by atoms with Crippen molar-refractivity contribution in [3.63, 3.8) is 0 Å². The van der Waals surface area contributed by atoms with Crippen LogP contribution in [0.25, 0.3) is 22.2 Å². The van der Waals surface area contributed by atoms with Crippen molar-refractivity contribution in [2.75, 3.05) is 12.3 Å². The summed E-state index contributed by atoms with van der Waals surface area (Å²) in [6.45, 7) is -0.549. The summed E-state index contributed by atoms with van der Waals surface area (Å²) < 4.78 is 33.8.